The number of anilines is 1. The predicted octanol–water partition coefficient (Wildman–Crippen LogP) is 2.64. The Kier molecular flexibility index (Phi) is 4.38. The van der Waals surface area contributed by atoms with Crippen molar-refractivity contribution in [3.63, 3.8) is 0 Å². The van der Waals surface area contributed by atoms with Crippen LogP contribution in [-0.4, -0.2) is 23.4 Å². The molecule has 0 aliphatic carbocycles. The topological polar surface area (TPSA) is 76.9 Å². The summed E-state index contributed by atoms with van der Waals surface area (Å²) in [5.41, 5.74) is 0.443. The molecule has 0 atom stereocenters. The minimum absolute atomic E-state index is 0.0433. The Morgan fingerprint density at radius 2 is 2.16 bits per heavy atom. The second-order valence-corrected chi connectivity index (χ2v) is 7.49. The SMILES string of the molecule is Cn1nnc(Br)c1S(=O)(=O)Nc1ccc(Cl)cc1I. The molecular formula is C9H7BrClIN4O2S. The van der Waals surface area contributed by atoms with Gasteiger partial charge in [0.2, 0.25) is 5.03 Å². The van der Waals surface area contributed by atoms with Gasteiger partial charge in [0.15, 0.2) is 4.60 Å². The molecule has 1 N–H and O–H groups in total. The summed E-state index contributed by atoms with van der Waals surface area (Å²) in [6.45, 7) is 0. The van der Waals surface area contributed by atoms with Gasteiger partial charge in [0.25, 0.3) is 10.0 Å². The van der Waals surface area contributed by atoms with Crippen molar-refractivity contribution in [2.24, 2.45) is 7.05 Å². The van der Waals surface area contributed by atoms with Crippen LogP contribution in [0, 0.1) is 3.57 Å². The number of hydrogen-bond donors (Lipinski definition) is 1. The lowest BCUT2D eigenvalue weighted by atomic mass is 10.3. The molecule has 0 saturated carbocycles. The highest BCUT2D eigenvalue weighted by molar-refractivity contribution is 14.1. The molecule has 2 aromatic rings. The second kappa shape index (κ2) is 5.54. The van der Waals surface area contributed by atoms with Gasteiger partial charge in [-0.25, -0.2) is 4.68 Å². The zero-order valence-corrected chi connectivity index (χ0v) is 14.7. The van der Waals surface area contributed by atoms with Crippen LogP contribution in [0.25, 0.3) is 0 Å². The molecule has 0 fully saturated rings. The van der Waals surface area contributed by atoms with Crippen LogP contribution in [0.3, 0.4) is 0 Å². The summed E-state index contributed by atoms with van der Waals surface area (Å²) >= 11 is 10.9. The van der Waals surface area contributed by atoms with E-state index in [-0.39, 0.29) is 9.63 Å². The minimum Gasteiger partial charge on any atom is -0.277 e. The summed E-state index contributed by atoms with van der Waals surface area (Å²) in [6.07, 6.45) is 0. The lowest BCUT2D eigenvalue weighted by Crippen LogP contribution is -2.17. The standard InChI is InChI=1S/C9H7BrClIN4O2S/c1-16-9(8(10)13-15-16)19(17,18)14-7-3-2-5(11)4-6(7)12/h2-4,14H,1H3. The highest BCUT2D eigenvalue weighted by Crippen LogP contribution is 2.26. The van der Waals surface area contributed by atoms with Crippen molar-refractivity contribution in [1.82, 2.24) is 15.0 Å². The van der Waals surface area contributed by atoms with E-state index in [2.05, 4.69) is 31.0 Å². The first-order valence-electron chi connectivity index (χ1n) is 4.84. The molecular weight excluding hydrogens is 470 g/mol. The Morgan fingerprint density at radius 3 is 2.68 bits per heavy atom. The van der Waals surface area contributed by atoms with Gasteiger partial charge in [0, 0.05) is 15.6 Å². The van der Waals surface area contributed by atoms with Crippen LogP contribution in [0.15, 0.2) is 27.8 Å². The summed E-state index contributed by atoms with van der Waals surface area (Å²) < 4.78 is 29.0. The first kappa shape index (κ1) is 15.0. The van der Waals surface area contributed by atoms with Crippen molar-refractivity contribution in [1.29, 1.82) is 0 Å². The fraction of sp³-hybridized carbons (Fsp3) is 0.111. The molecule has 0 radical (unpaired) electrons. The molecule has 0 amide bonds. The number of nitrogens with zero attached hydrogens (tertiary/aromatic N) is 3. The number of benzene rings is 1. The first-order chi connectivity index (χ1) is 8.81. The van der Waals surface area contributed by atoms with Crippen molar-refractivity contribution in [2.45, 2.75) is 5.03 Å². The zero-order chi connectivity index (χ0) is 14.2. The van der Waals surface area contributed by atoms with Gasteiger partial charge in [-0.2, -0.15) is 8.42 Å². The van der Waals surface area contributed by atoms with Crippen LogP contribution >= 0.6 is 50.1 Å². The van der Waals surface area contributed by atoms with E-state index in [1.807, 2.05) is 22.6 Å². The monoisotopic (exact) mass is 476 g/mol. The van der Waals surface area contributed by atoms with Crippen LogP contribution in [0.5, 0.6) is 0 Å². The Morgan fingerprint density at radius 1 is 1.47 bits per heavy atom. The second-order valence-electron chi connectivity index (χ2n) is 3.54. The highest BCUT2D eigenvalue weighted by atomic mass is 127. The third kappa shape index (κ3) is 3.20. The maximum absolute atomic E-state index is 12.3. The van der Waals surface area contributed by atoms with E-state index in [0.29, 0.717) is 14.3 Å². The lowest BCUT2D eigenvalue weighted by molar-refractivity contribution is 0.578. The van der Waals surface area contributed by atoms with Gasteiger partial charge in [-0.1, -0.05) is 16.8 Å². The van der Waals surface area contributed by atoms with Crippen molar-refractivity contribution >= 4 is 65.8 Å². The molecule has 2 rings (SSSR count). The van der Waals surface area contributed by atoms with E-state index >= 15 is 0 Å². The number of halogens is 3. The largest absolute Gasteiger partial charge is 0.281 e. The van der Waals surface area contributed by atoms with Crippen LogP contribution in [-0.2, 0) is 17.1 Å². The van der Waals surface area contributed by atoms with E-state index < -0.39 is 10.0 Å². The summed E-state index contributed by atoms with van der Waals surface area (Å²) in [4.78, 5) is 0. The van der Waals surface area contributed by atoms with Gasteiger partial charge in [0.05, 0.1) is 5.69 Å². The number of hydrogen-bond acceptors (Lipinski definition) is 4. The maximum atomic E-state index is 12.3. The fourth-order valence-electron chi connectivity index (χ4n) is 1.37. The van der Waals surface area contributed by atoms with E-state index in [0.717, 1.165) is 0 Å². The summed E-state index contributed by atoms with van der Waals surface area (Å²) in [5, 5.41) is 7.78. The average molecular weight is 478 g/mol. The van der Waals surface area contributed by atoms with Gasteiger partial charge in [0.1, 0.15) is 0 Å². The van der Waals surface area contributed by atoms with Crippen molar-refractivity contribution in [3.05, 3.63) is 31.4 Å². The van der Waals surface area contributed by atoms with Crippen molar-refractivity contribution in [2.75, 3.05) is 4.72 Å². The van der Waals surface area contributed by atoms with Crippen LogP contribution in [0.4, 0.5) is 5.69 Å². The smallest absolute Gasteiger partial charge is 0.277 e. The van der Waals surface area contributed by atoms with Crippen LogP contribution < -0.4 is 4.72 Å². The number of sulfonamides is 1. The molecule has 1 aromatic carbocycles. The third-order valence-corrected chi connectivity index (χ3v) is 5.55. The van der Waals surface area contributed by atoms with Crippen molar-refractivity contribution < 1.29 is 8.42 Å². The van der Waals surface area contributed by atoms with Crippen LogP contribution in [0.1, 0.15) is 0 Å². The molecule has 0 bridgehead atoms. The maximum Gasteiger partial charge on any atom is 0.281 e. The van der Waals surface area contributed by atoms with E-state index in [1.165, 1.54) is 11.7 Å². The third-order valence-electron chi connectivity index (χ3n) is 2.17. The van der Waals surface area contributed by atoms with Crippen LogP contribution in [0.2, 0.25) is 5.02 Å². The predicted molar refractivity (Wildman–Crippen MR) is 83.7 cm³/mol. The Bertz CT molecular complexity index is 714. The van der Waals surface area contributed by atoms with Gasteiger partial charge in [-0.15, -0.1) is 5.10 Å². The molecule has 1 aromatic heterocycles. The Balaban J connectivity index is 2.42. The van der Waals surface area contributed by atoms with Crippen molar-refractivity contribution in [3.8, 4) is 0 Å². The Labute approximate surface area is 136 Å². The number of nitrogens with one attached hydrogen (secondary N) is 1. The molecule has 6 nitrogen and oxygen atoms in total. The fourth-order valence-corrected chi connectivity index (χ4v) is 4.74. The molecule has 1 heterocycles. The number of aryl methyl sites for hydroxylation is 1. The molecule has 0 spiro atoms. The quantitative estimate of drug-likeness (QED) is 0.690. The normalized spacial score (nSPS) is 11.6. The molecule has 0 aliphatic rings. The zero-order valence-electron chi connectivity index (χ0n) is 9.43. The molecule has 0 aliphatic heterocycles. The number of aromatic nitrogens is 3. The van der Waals surface area contributed by atoms with Gasteiger partial charge in [-0.05, 0) is 56.7 Å². The lowest BCUT2D eigenvalue weighted by Gasteiger charge is -2.09. The summed E-state index contributed by atoms with van der Waals surface area (Å²) in [5.74, 6) is 0. The Hall–Kier alpha value is -0.390. The van der Waals surface area contributed by atoms with Gasteiger partial charge in [-0.3, -0.25) is 4.72 Å². The molecule has 0 saturated heterocycles. The van der Waals surface area contributed by atoms with Gasteiger partial charge < -0.3 is 0 Å². The highest BCUT2D eigenvalue weighted by Gasteiger charge is 2.24. The van der Waals surface area contributed by atoms with Gasteiger partial charge >= 0.3 is 0 Å². The molecule has 102 valence electrons. The molecule has 19 heavy (non-hydrogen) atoms. The number of rotatable bonds is 3. The summed E-state index contributed by atoms with van der Waals surface area (Å²) in [6, 6.07) is 4.87. The first-order valence-corrected chi connectivity index (χ1v) is 8.57. The summed E-state index contributed by atoms with van der Waals surface area (Å²) in [7, 11) is -2.27. The van der Waals surface area contributed by atoms with E-state index in [9.17, 15) is 8.42 Å². The van der Waals surface area contributed by atoms with E-state index in [1.54, 1.807) is 18.2 Å². The molecule has 10 heteroatoms. The average Bonchev–Trinajstić information content (AvgIpc) is 2.63. The minimum atomic E-state index is -3.77. The van der Waals surface area contributed by atoms with E-state index in [4.69, 9.17) is 11.6 Å². The molecule has 0 unspecified atom stereocenters.